The third-order valence-electron chi connectivity index (χ3n) is 4.07. The van der Waals surface area contributed by atoms with E-state index in [1.807, 2.05) is 18.7 Å². The van der Waals surface area contributed by atoms with Gasteiger partial charge in [0.15, 0.2) is 5.96 Å². The van der Waals surface area contributed by atoms with Crippen molar-refractivity contribution in [2.75, 3.05) is 12.8 Å². The lowest BCUT2D eigenvalue weighted by atomic mass is 10.2. The van der Waals surface area contributed by atoms with Gasteiger partial charge in [0.1, 0.15) is 0 Å². The van der Waals surface area contributed by atoms with Gasteiger partial charge in [0, 0.05) is 17.8 Å². The maximum Gasteiger partial charge on any atom is 0.238 e. The molecule has 0 saturated heterocycles. The van der Waals surface area contributed by atoms with E-state index >= 15 is 0 Å². The van der Waals surface area contributed by atoms with Gasteiger partial charge in [-0.2, -0.15) is 11.8 Å². The lowest BCUT2D eigenvalue weighted by Gasteiger charge is -2.17. The Balaban J connectivity index is 1.97. The fourth-order valence-electron chi connectivity index (χ4n) is 2.75. The van der Waals surface area contributed by atoms with Crippen LogP contribution in [0.1, 0.15) is 31.7 Å². The maximum atomic E-state index is 11.3. The number of thioether (sulfide) groups is 1. The molecule has 0 amide bonds. The number of nitrogens with zero attached hydrogens (tertiary/aromatic N) is 1. The Morgan fingerprint density at radius 2 is 2.04 bits per heavy atom. The normalized spacial score (nSPS) is 21.7. The van der Waals surface area contributed by atoms with Crippen LogP contribution in [0, 0.1) is 0 Å². The second-order valence-electron chi connectivity index (χ2n) is 5.90. The Bertz CT molecular complexity index is 659. The fourth-order valence-corrected chi connectivity index (χ4v) is 4.07. The summed E-state index contributed by atoms with van der Waals surface area (Å²) in [4.78, 5) is 4.72. The highest BCUT2D eigenvalue weighted by molar-refractivity contribution is 7.99. The van der Waals surface area contributed by atoms with Crippen LogP contribution in [0.5, 0.6) is 0 Å². The van der Waals surface area contributed by atoms with Crippen molar-refractivity contribution in [3.63, 3.8) is 0 Å². The summed E-state index contributed by atoms with van der Waals surface area (Å²) in [6, 6.07) is 6.98. The average molecular weight is 371 g/mol. The molecule has 1 aromatic carbocycles. The zero-order valence-corrected chi connectivity index (χ0v) is 15.8. The smallest absolute Gasteiger partial charge is 0.238 e. The van der Waals surface area contributed by atoms with Crippen molar-refractivity contribution in [2.45, 2.75) is 48.9 Å². The molecule has 2 atom stereocenters. The molecule has 0 bridgehead atoms. The minimum Gasteiger partial charge on any atom is -0.357 e. The minimum absolute atomic E-state index is 0.120. The van der Waals surface area contributed by atoms with E-state index in [9.17, 15) is 8.42 Å². The Labute approximate surface area is 148 Å². The van der Waals surface area contributed by atoms with Crippen LogP contribution in [0.25, 0.3) is 0 Å². The van der Waals surface area contributed by atoms with Crippen LogP contribution in [0.4, 0.5) is 0 Å². The maximum absolute atomic E-state index is 11.3. The van der Waals surface area contributed by atoms with Crippen LogP contribution in [0.3, 0.4) is 0 Å². The quantitative estimate of drug-likeness (QED) is 0.523. The molecule has 4 N–H and O–H groups in total. The average Bonchev–Trinajstić information content (AvgIpc) is 3.00. The molecule has 0 radical (unpaired) electrons. The van der Waals surface area contributed by atoms with Crippen molar-refractivity contribution in [1.29, 1.82) is 0 Å². The molecule has 2 unspecified atom stereocenters. The molecule has 1 saturated carbocycles. The number of guanidine groups is 1. The summed E-state index contributed by atoms with van der Waals surface area (Å²) in [5.41, 5.74) is 0.938. The number of rotatable bonds is 6. The first-order chi connectivity index (χ1) is 11.4. The van der Waals surface area contributed by atoms with Crippen LogP contribution in [0.2, 0.25) is 0 Å². The third kappa shape index (κ3) is 5.68. The first-order valence-electron chi connectivity index (χ1n) is 8.11. The Morgan fingerprint density at radius 3 is 2.58 bits per heavy atom. The van der Waals surface area contributed by atoms with Crippen LogP contribution in [0.15, 0.2) is 34.2 Å². The van der Waals surface area contributed by atoms with Crippen LogP contribution in [-0.4, -0.2) is 38.5 Å². The van der Waals surface area contributed by atoms with Crippen molar-refractivity contribution in [2.24, 2.45) is 10.1 Å². The number of aliphatic imine (C=N–C) groups is 1. The summed E-state index contributed by atoms with van der Waals surface area (Å²) >= 11 is 1.93. The van der Waals surface area contributed by atoms with Crippen molar-refractivity contribution in [3.8, 4) is 0 Å². The van der Waals surface area contributed by atoms with Crippen LogP contribution >= 0.6 is 11.8 Å². The monoisotopic (exact) mass is 370 g/mol. The van der Waals surface area contributed by atoms with E-state index < -0.39 is 10.0 Å². The van der Waals surface area contributed by atoms with Gasteiger partial charge in [-0.25, -0.2) is 18.5 Å². The number of hydrogen-bond donors (Lipinski definition) is 3. The minimum atomic E-state index is -3.65. The molecule has 1 aromatic rings. The highest BCUT2D eigenvalue weighted by Gasteiger charge is 2.24. The largest absolute Gasteiger partial charge is 0.357 e. The van der Waals surface area contributed by atoms with Crippen molar-refractivity contribution in [1.82, 2.24) is 10.6 Å². The van der Waals surface area contributed by atoms with Gasteiger partial charge in [-0.3, -0.25) is 0 Å². The van der Waals surface area contributed by atoms with Gasteiger partial charge in [0.05, 0.1) is 11.4 Å². The lowest BCUT2D eigenvalue weighted by molar-refractivity contribution is 0.597. The molecule has 1 aliphatic carbocycles. The molecule has 6 nitrogen and oxygen atoms in total. The Kier molecular flexibility index (Phi) is 6.94. The number of hydrogen-bond acceptors (Lipinski definition) is 4. The number of nitrogens with two attached hydrogens (primary N) is 1. The fraction of sp³-hybridized carbons (Fsp3) is 0.562. The van der Waals surface area contributed by atoms with E-state index in [4.69, 9.17) is 5.14 Å². The summed E-state index contributed by atoms with van der Waals surface area (Å²) < 4.78 is 22.5. The van der Waals surface area contributed by atoms with Gasteiger partial charge in [-0.05, 0) is 50.1 Å². The zero-order chi connectivity index (χ0) is 17.6. The summed E-state index contributed by atoms with van der Waals surface area (Å²) in [5, 5.41) is 12.6. The molecule has 134 valence electrons. The summed E-state index contributed by atoms with van der Waals surface area (Å²) in [7, 11) is -3.65. The molecular weight excluding hydrogens is 344 g/mol. The van der Waals surface area contributed by atoms with Crippen molar-refractivity contribution < 1.29 is 8.42 Å². The molecule has 0 aromatic heterocycles. The van der Waals surface area contributed by atoms with E-state index in [-0.39, 0.29) is 4.90 Å². The van der Waals surface area contributed by atoms with E-state index in [1.54, 1.807) is 12.1 Å². The van der Waals surface area contributed by atoms with E-state index in [1.165, 1.54) is 25.0 Å². The van der Waals surface area contributed by atoms with E-state index in [0.717, 1.165) is 29.7 Å². The molecule has 2 rings (SSSR count). The topological polar surface area (TPSA) is 96.6 Å². The second kappa shape index (κ2) is 8.73. The van der Waals surface area contributed by atoms with Gasteiger partial charge in [-0.15, -0.1) is 0 Å². The molecular formula is C16H26N4O2S2. The summed E-state index contributed by atoms with van der Waals surface area (Å²) in [5.74, 6) is 0.805. The number of benzene rings is 1. The number of primary sulfonamides is 1. The number of nitrogens with one attached hydrogen (secondary N) is 2. The van der Waals surface area contributed by atoms with Gasteiger partial charge in [-0.1, -0.05) is 12.1 Å². The SMILES string of the molecule is CCNC(=NCc1ccc(S(N)(=O)=O)cc1)NC1CCC(SC)C1. The first-order valence-corrected chi connectivity index (χ1v) is 10.9. The third-order valence-corrected chi connectivity index (χ3v) is 6.10. The molecule has 0 aliphatic heterocycles. The van der Waals surface area contributed by atoms with Crippen molar-refractivity contribution in [3.05, 3.63) is 29.8 Å². The van der Waals surface area contributed by atoms with Gasteiger partial charge in [0.2, 0.25) is 10.0 Å². The lowest BCUT2D eigenvalue weighted by Crippen LogP contribution is -2.42. The second-order valence-corrected chi connectivity index (χ2v) is 8.60. The molecule has 0 heterocycles. The van der Waals surface area contributed by atoms with Gasteiger partial charge >= 0.3 is 0 Å². The van der Waals surface area contributed by atoms with Crippen LogP contribution < -0.4 is 15.8 Å². The zero-order valence-electron chi connectivity index (χ0n) is 14.2. The molecule has 1 fully saturated rings. The Hall–Kier alpha value is -1.25. The Morgan fingerprint density at radius 1 is 1.33 bits per heavy atom. The molecule has 1 aliphatic rings. The molecule has 8 heteroatoms. The standard InChI is InChI=1S/C16H26N4O2S2/c1-3-18-16(20-13-6-7-14(10-13)23-2)19-11-12-4-8-15(9-5-12)24(17,21)22/h4-5,8-9,13-14H,3,6-7,10-11H2,1-2H3,(H2,17,21,22)(H2,18,19,20). The van der Waals surface area contributed by atoms with Gasteiger partial charge < -0.3 is 10.6 Å². The van der Waals surface area contributed by atoms with Crippen molar-refractivity contribution >= 4 is 27.7 Å². The highest BCUT2D eigenvalue weighted by atomic mass is 32.2. The predicted octanol–water partition coefficient (Wildman–Crippen LogP) is 1.67. The summed E-state index contributed by atoms with van der Waals surface area (Å²) in [6.45, 7) is 3.32. The first kappa shape index (κ1) is 19.1. The highest BCUT2D eigenvalue weighted by Crippen LogP contribution is 2.28. The van der Waals surface area contributed by atoms with E-state index in [0.29, 0.717) is 12.6 Å². The molecule has 24 heavy (non-hydrogen) atoms. The molecule has 0 spiro atoms. The predicted molar refractivity (Wildman–Crippen MR) is 101 cm³/mol. The number of sulfonamides is 1. The van der Waals surface area contributed by atoms with Crippen LogP contribution in [-0.2, 0) is 16.6 Å². The summed E-state index contributed by atoms with van der Waals surface area (Å²) in [6.07, 6.45) is 5.73. The van der Waals surface area contributed by atoms with Gasteiger partial charge in [0.25, 0.3) is 0 Å². The van der Waals surface area contributed by atoms with E-state index in [2.05, 4.69) is 21.9 Å².